The Morgan fingerprint density at radius 2 is 1.87 bits per heavy atom. The van der Waals surface area contributed by atoms with Crippen molar-refractivity contribution in [1.82, 2.24) is 4.57 Å². The van der Waals surface area contributed by atoms with Gasteiger partial charge in [0.25, 0.3) is 5.91 Å². The Balaban J connectivity index is 2.46. The number of hydrogen-bond acceptors (Lipinski definition) is 1. The molecule has 0 atom stereocenters. The van der Waals surface area contributed by atoms with Crippen LogP contribution < -0.4 is 5.73 Å². The van der Waals surface area contributed by atoms with Crippen LogP contribution in [0.3, 0.4) is 0 Å². The molecule has 1 heterocycles. The van der Waals surface area contributed by atoms with Crippen LogP contribution in [0.25, 0.3) is 22.0 Å². The second-order valence-corrected chi connectivity index (χ2v) is 5.81. The molecule has 3 rings (SSSR count). The van der Waals surface area contributed by atoms with Crippen molar-refractivity contribution in [3.63, 3.8) is 0 Å². The molecule has 23 heavy (non-hydrogen) atoms. The van der Waals surface area contributed by atoms with Gasteiger partial charge in [-0.1, -0.05) is 11.6 Å². The van der Waals surface area contributed by atoms with Crippen LogP contribution in [-0.2, 0) is 7.05 Å². The molecule has 0 aliphatic heterocycles. The first-order chi connectivity index (χ1) is 10.8. The lowest BCUT2D eigenvalue weighted by Crippen LogP contribution is -2.16. The van der Waals surface area contributed by atoms with E-state index >= 15 is 0 Å². The maximum Gasteiger partial charge on any atom is 0.265 e. The number of carbonyl (C=O) groups is 1. The molecule has 0 aliphatic carbocycles. The van der Waals surface area contributed by atoms with Crippen LogP contribution in [-0.4, -0.2) is 10.5 Å². The van der Waals surface area contributed by atoms with Gasteiger partial charge in [-0.25, -0.2) is 8.78 Å². The third-order valence-electron chi connectivity index (χ3n) is 3.96. The van der Waals surface area contributed by atoms with Gasteiger partial charge in [0, 0.05) is 34.6 Å². The van der Waals surface area contributed by atoms with Crippen molar-refractivity contribution in [3.8, 4) is 11.1 Å². The summed E-state index contributed by atoms with van der Waals surface area (Å²) < 4.78 is 29.0. The van der Waals surface area contributed by atoms with Crippen molar-refractivity contribution in [2.45, 2.75) is 6.92 Å². The van der Waals surface area contributed by atoms with Crippen molar-refractivity contribution in [2.24, 2.45) is 12.8 Å². The van der Waals surface area contributed by atoms with Gasteiger partial charge in [0.2, 0.25) is 0 Å². The first kappa shape index (κ1) is 15.5. The van der Waals surface area contributed by atoms with Crippen molar-refractivity contribution < 1.29 is 13.6 Å². The van der Waals surface area contributed by atoms with E-state index in [2.05, 4.69) is 0 Å². The van der Waals surface area contributed by atoms with Crippen molar-refractivity contribution >= 4 is 28.4 Å². The van der Waals surface area contributed by atoms with E-state index in [1.165, 1.54) is 12.1 Å². The second-order valence-electron chi connectivity index (χ2n) is 5.37. The molecule has 0 saturated carbocycles. The second kappa shape index (κ2) is 5.35. The minimum atomic E-state index is -0.701. The summed E-state index contributed by atoms with van der Waals surface area (Å²) >= 11 is 6.15. The Morgan fingerprint density at radius 3 is 2.48 bits per heavy atom. The highest BCUT2D eigenvalue weighted by molar-refractivity contribution is 6.32. The van der Waals surface area contributed by atoms with E-state index < -0.39 is 17.5 Å². The van der Waals surface area contributed by atoms with Gasteiger partial charge in [-0.2, -0.15) is 0 Å². The first-order valence-corrected chi connectivity index (χ1v) is 7.22. The zero-order valence-corrected chi connectivity index (χ0v) is 13.2. The summed E-state index contributed by atoms with van der Waals surface area (Å²) in [7, 11) is 1.67. The number of amides is 1. The number of benzene rings is 2. The molecule has 3 aromatic rings. The van der Waals surface area contributed by atoms with E-state index in [1.54, 1.807) is 30.7 Å². The molecule has 0 spiro atoms. The number of carbonyl (C=O) groups excluding carboxylic acids is 1. The molecular formula is C17H13ClF2N2O. The van der Waals surface area contributed by atoms with Crippen LogP contribution in [0.4, 0.5) is 8.78 Å². The number of aromatic nitrogens is 1. The number of halogens is 3. The lowest BCUT2D eigenvalue weighted by atomic mass is 10.0. The minimum Gasteiger partial charge on any atom is -0.364 e. The van der Waals surface area contributed by atoms with E-state index in [1.807, 2.05) is 0 Å². The fraction of sp³-hybridized carbons (Fsp3) is 0.118. The van der Waals surface area contributed by atoms with E-state index in [4.69, 9.17) is 17.3 Å². The molecule has 2 aromatic carbocycles. The number of rotatable bonds is 2. The molecular weight excluding hydrogens is 322 g/mol. The number of primary amides is 1. The number of aryl methyl sites for hydroxylation is 2. The molecule has 1 aromatic heterocycles. The van der Waals surface area contributed by atoms with E-state index in [0.717, 1.165) is 6.07 Å². The van der Waals surface area contributed by atoms with Gasteiger partial charge in [0.15, 0.2) is 0 Å². The van der Waals surface area contributed by atoms with Gasteiger partial charge >= 0.3 is 0 Å². The van der Waals surface area contributed by atoms with Crippen LogP contribution >= 0.6 is 11.6 Å². The van der Waals surface area contributed by atoms with Gasteiger partial charge in [0.1, 0.15) is 17.3 Å². The lowest BCUT2D eigenvalue weighted by Gasteiger charge is -2.09. The normalized spacial score (nSPS) is 11.2. The molecule has 0 aliphatic rings. The number of hydrogen-bond donors (Lipinski definition) is 1. The Morgan fingerprint density at radius 1 is 1.17 bits per heavy atom. The molecule has 2 N–H and O–H groups in total. The van der Waals surface area contributed by atoms with Crippen LogP contribution in [0.5, 0.6) is 0 Å². The summed E-state index contributed by atoms with van der Waals surface area (Å²) in [6, 6.07) is 6.62. The highest BCUT2D eigenvalue weighted by Gasteiger charge is 2.21. The van der Waals surface area contributed by atoms with E-state index in [0.29, 0.717) is 32.7 Å². The Hall–Kier alpha value is -2.40. The van der Waals surface area contributed by atoms with Crippen molar-refractivity contribution in [1.29, 1.82) is 0 Å². The summed E-state index contributed by atoms with van der Waals surface area (Å²) in [6.07, 6.45) is 0. The van der Waals surface area contributed by atoms with Gasteiger partial charge in [-0.05, 0) is 36.8 Å². The molecule has 3 nitrogen and oxygen atoms in total. The molecule has 0 bridgehead atoms. The molecule has 1 amide bonds. The van der Waals surface area contributed by atoms with Gasteiger partial charge in [-0.3, -0.25) is 4.79 Å². The van der Waals surface area contributed by atoms with Gasteiger partial charge in [0.05, 0.1) is 5.52 Å². The zero-order chi connectivity index (χ0) is 16.9. The summed E-state index contributed by atoms with van der Waals surface area (Å²) in [6.45, 7) is 1.75. The zero-order valence-electron chi connectivity index (χ0n) is 12.5. The maximum absolute atomic E-state index is 14.2. The summed E-state index contributed by atoms with van der Waals surface area (Å²) in [5.41, 5.74) is 7.73. The minimum absolute atomic E-state index is 0.204. The molecule has 6 heteroatoms. The number of nitrogens with zero attached hydrogens (tertiary/aromatic N) is 1. The topological polar surface area (TPSA) is 48.0 Å². The summed E-state index contributed by atoms with van der Waals surface area (Å²) in [4.78, 5) is 11.7. The molecule has 0 radical (unpaired) electrons. The smallest absolute Gasteiger partial charge is 0.265 e. The van der Waals surface area contributed by atoms with Crippen LogP contribution in [0, 0.1) is 18.6 Å². The Bertz CT molecular complexity index is 963. The largest absolute Gasteiger partial charge is 0.364 e. The maximum atomic E-state index is 14.2. The highest BCUT2D eigenvalue weighted by Crippen LogP contribution is 2.37. The van der Waals surface area contributed by atoms with Crippen LogP contribution in [0.1, 0.15) is 16.1 Å². The number of nitrogens with two attached hydrogens (primary N) is 1. The van der Waals surface area contributed by atoms with Crippen LogP contribution in [0.15, 0.2) is 30.3 Å². The number of fused-ring (bicyclic) bond motifs is 1. The average Bonchev–Trinajstić information content (AvgIpc) is 2.70. The Kier molecular flexibility index (Phi) is 3.60. The average molecular weight is 335 g/mol. The molecule has 118 valence electrons. The quantitative estimate of drug-likeness (QED) is 0.750. The monoisotopic (exact) mass is 334 g/mol. The van der Waals surface area contributed by atoms with E-state index in [9.17, 15) is 13.6 Å². The Labute approximate surface area is 136 Å². The predicted octanol–water partition coefficient (Wildman–Crippen LogP) is 4.18. The molecule has 0 unspecified atom stereocenters. The predicted molar refractivity (Wildman–Crippen MR) is 86.5 cm³/mol. The fourth-order valence-corrected chi connectivity index (χ4v) is 3.22. The third kappa shape index (κ3) is 2.37. The van der Waals surface area contributed by atoms with E-state index in [-0.39, 0.29) is 5.56 Å². The van der Waals surface area contributed by atoms with Crippen LogP contribution in [0.2, 0.25) is 5.02 Å². The summed E-state index contributed by atoms with van der Waals surface area (Å²) in [5, 5.41) is 1.09. The lowest BCUT2D eigenvalue weighted by molar-refractivity contribution is 0.0992. The van der Waals surface area contributed by atoms with Crippen molar-refractivity contribution in [3.05, 3.63) is 58.2 Å². The van der Waals surface area contributed by atoms with Crippen molar-refractivity contribution in [2.75, 3.05) is 0 Å². The van der Waals surface area contributed by atoms with Gasteiger partial charge in [-0.15, -0.1) is 0 Å². The first-order valence-electron chi connectivity index (χ1n) is 6.85. The third-order valence-corrected chi connectivity index (χ3v) is 4.18. The highest BCUT2D eigenvalue weighted by atomic mass is 35.5. The SMILES string of the molecule is Cc1c(C(N)=O)n(C)c2c(-c3ccc(F)cc3F)cc(Cl)cc12. The van der Waals surface area contributed by atoms with Gasteiger partial charge < -0.3 is 10.3 Å². The molecule has 0 saturated heterocycles. The fourth-order valence-electron chi connectivity index (χ4n) is 3.00. The standard InChI is InChI=1S/C17H13ClF2N2O/c1-8-12-5-9(18)6-13(11-4-3-10(19)7-14(11)20)16(12)22(2)15(8)17(21)23/h3-7H,1-2H3,(H2,21,23). The molecule has 0 fully saturated rings. The summed E-state index contributed by atoms with van der Waals surface area (Å²) in [5.74, 6) is -1.94.